The first-order valence-corrected chi connectivity index (χ1v) is 9.29. The highest BCUT2D eigenvalue weighted by Crippen LogP contribution is 2.29. The predicted octanol–water partition coefficient (Wildman–Crippen LogP) is 4.17. The summed E-state index contributed by atoms with van der Waals surface area (Å²) in [5, 5.41) is 14.7. The SMILES string of the molecule is CC(Cc1ccc(C(F)(F)F)cc1)NC(=O)NC(Cc1ccccc1)C(O)C(F)F. The van der Waals surface area contributed by atoms with Crippen LogP contribution < -0.4 is 10.6 Å². The smallest absolute Gasteiger partial charge is 0.385 e. The van der Waals surface area contributed by atoms with Gasteiger partial charge in [0.2, 0.25) is 0 Å². The molecular formula is C21H23F5N2O2. The van der Waals surface area contributed by atoms with Gasteiger partial charge in [0.15, 0.2) is 0 Å². The van der Waals surface area contributed by atoms with Crippen molar-refractivity contribution in [1.29, 1.82) is 0 Å². The summed E-state index contributed by atoms with van der Waals surface area (Å²) in [6, 6.07) is 10.7. The lowest BCUT2D eigenvalue weighted by molar-refractivity contribution is -0.137. The first-order chi connectivity index (χ1) is 14.1. The van der Waals surface area contributed by atoms with E-state index in [1.165, 1.54) is 12.1 Å². The molecule has 2 aromatic carbocycles. The van der Waals surface area contributed by atoms with Gasteiger partial charge in [-0.3, -0.25) is 0 Å². The zero-order valence-electron chi connectivity index (χ0n) is 16.2. The largest absolute Gasteiger partial charge is 0.416 e. The Morgan fingerprint density at radius 1 is 0.933 bits per heavy atom. The monoisotopic (exact) mass is 430 g/mol. The summed E-state index contributed by atoms with van der Waals surface area (Å²) >= 11 is 0. The number of amides is 2. The van der Waals surface area contributed by atoms with E-state index in [2.05, 4.69) is 10.6 Å². The Kier molecular flexibility index (Phi) is 8.16. The van der Waals surface area contributed by atoms with Crippen molar-refractivity contribution >= 4 is 6.03 Å². The Balaban J connectivity index is 1.95. The van der Waals surface area contributed by atoms with Gasteiger partial charge in [0, 0.05) is 6.04 Å². The van der Waals surface area contributed by atoms with Crippen molar-refractivity contribution in [2.75, 3.05) is 0 Å². The van der Waals surface area contributed by atoms with Crippen molar-refractivity contribution in [2.24, 2.45) is 0 Å². The molecule has 0 saturated heterocycles. The van der Waals surface area contributed by atoms with Crippen molar-refractivity contribution in [3.8, 4) is 0 Å². The van der Waals surface area contributed by atoms with Crippen LogP contribution in [0.2, 0.25) is 0 Å². The molecule has 0 spiro atoms. The molecule has 2 aromatic rings. The molecule has 3 unspecified atom stereocenters. The van der Waals surface area contributed by atoms with Crippen LogP contribution in [-0.4, -0.2) is 35.8 Å². The number of aliphatic hydroxyl groups excluding tert-OH is 1. The average molecular weight is 430 g/mol. The first kappa shape index (κ1) is 23.6. The first-order valence-electron chi connectivity index (χ1n) is 9.29. The summed E-state index contributed by atoms with van der Waals surface area (Å²) in [6.45, 7) is 1.63. The molecule has 0 saturated carbocycles. The molecule has 0 aliphatic heterocycles. The molecule has 9 heteroatoms. The molecule has 3 atom stereocenters. The van der Waals surface area contributed by atoms with E-state index in [1.54, 1.807) is 37.3 Å². The van der Waals surface area contributed by atoms with Crippen LogP contribution in [0.3, 0.4) is 0 Å². The van der Waals surface area contributed by atoms with Gasteiger partial charge in [0.05, 0.1) is 11.6 Å². The molecule has 164 valence electrons. The van der Waals surface area contributed by atoms with E-state index in [0.717, 1.165) is 12.1 Å². The van der Waals surface area contributed by atoms with E-state index in [4.69, 9.17) is 0 Å². The topological polar surface area (TPSA) is 61.4 Å². The Morgan fingerprint density at radius 2 is 1.50 bits per heavy atom. The van der Waals surface area contributed by atoms with Crippen LogP contribution in [0.1, 0.15) is 23.6 Å². The van der Waals surface area contributed by atoms with Crippen molar-refractivity contribution in [3.63, 3.8) is 0 Å². The molecule has 0 heterocycles. The fourth-order valence-electron chi connectivity index (χ4n) is 2.97. The Bertz CT molecular complexity index is 797. The highest BCUT2D eigenvalue weighted by molar-refractivity contribution is 5.74. The van der Waals surface area contributed by atoms with Gasteiger partial charge < -0.3 is 15.7 Å². The number of carbonyl (C=O) groups is 1. The second kappa shape index (κ2) is 10.4. The molecule has 0 radical (unpaired) electrons. The zero-order valence-corrected chi connectivity index (χ0v) is 16.2. The summed E-state index contributed by atoms with van der Waals surface area (Å²) in [7, 11) is 0. The van der Waals surface area contributed by atoms with Crippen molar-refractivity contribution < 1.29 is 31.9 Å². The lowest BCUT2D eigenvalue weighted by Gasteiger charge is -2.25. The van der Waals surface area contributed by atoms with Crippen LogP contribution in [0.15, 0.2) is 54.6 Å². The molecule has 0 aliphatic carbocycles. The molecule has 0 bridgehead atoms. The molecule has 2 amide bonds. The number of carbonyl (C=O) groups excluding carboxylic acids is 1. The van der Waals surface area contributed by atoms with Gasteiger partial charge in [-0.25, -0.2) is 13.6 Å². The summed E-state index contributed by atoms with van der Waals surface area (Å²) < 4.78 is 63.8. The number of benzene rings is 2. The number of nitrogens with one attached hydrogen (secondary N) is 2. The van der Waals surface area contributed by atoms with E-state index in [9.17, 15) is 31.9 Å². The molecular weight excluding hydrogens is 407 g/mol. The Hall–Kier alpha value is -2.68. The quantitative estimate of drug-likeness (QED) is 0.551. The number of urea groups is 1. The summed E-state index contributed by atoms with van der Waals surface area (Å²) in [5.74, 6) is 0. The minimum Gasteiger partial charge on any atom is -0.385 e. The minimum atomic E-state index is -4.43. The fraction of sp³-hybridized carbons (Fsp3) is 0.381. The second-order valence-corrected chi connectivity index (χ2v) is 7.04. The van der Waals surface area contributed by atoms with Crippen LogP contribution in [0.4, 0.5) is 26.7 Å². The maximum Gasteiger partial charge on any atom is 0.416 e. The lowest BCUT2D eigenvalue weighted by atomic mass is 10.0. The van der Waals surface area contributed by atoms with Crippen LogP contribution >= 0.6 is 0 Å². The lowest BCUT2D eigenvalue weighted by Crippen LogP contribution is -2.52. The van der Waals surface area contributed by atoms with E-state index < -0.39 is 42.4 Å². The predicted molar refractivity (Wildman–Crippen MR) is 102 cm³/mol. The standard InChI is InChI=1S/C21H23F5N2O2/c1-13(11-15-7-9-16(10-8-15)21(24,25)26)27-20(30)28-17(18(29)19(22)23)12-14-5-3-2-4-6-14/h2-10,13,17-19,29H,11-12H2,1H3,(H2,27,28,30). The number of hydrogen-bond acceptors (Lipinski definition) is 2. The van der Waals surface area contributed by atoms with Gasteiger partial charge in [-0.1, -0.05) is 42.5 Å². The van der Waals surface area contributed by atoms with Gasteiger partial charge in [-0.2, -0.15) is 13.2 Å². The second-order valence-electron chi connectivity index (χ2n) is 7.04. The molecule has 0 aromatic heterocycles. The summed E-state index contributed by atoms with van der Waals surface area (Å²) in [5.41, 5.74) is 0.471. The number of aliphatic hydroxyl groups is 1. The van der Waals surface area contributed by atoms with Crippen molar-refractivity contribution in [2.45, 2.75) is 50.6 Å². The maximum absolute atomic E-state index is 13.0. The number of hydrogen-bond donors (Lipinski definition) is 3. The van der Waals surface area contributed by atoms with Crippen LogP contribution in [0.5, 0.6) is 0 Å². The summed E-state index contributed by atoms with van der Waals surface area (Å²) in [6.07, 6.45) is -9.27. The third-order valence-corrected chi connectivity index (χ3v) is 4.49. The highest BCUT2D eigenvalue weighted by Gasteiger charge is 2.30. The van der Waals surface area contributed by atoms with Gasteiger partial charge >= 0.3 is 12.2 Å². The number of alkyl halides is 5. The van der Waals surface area contributed by atoms with Gasteiger partial charge in [-0.05, 0) is 43.0 Å². The Labute approximate surface area is 171 Å². The molecule has 2 rings (SSSR count). The Morgan fingerprint density at radius 3 is 2.03 bits per heavy atom. The van der Waals surface area contributed by atoms with Gasteiger partial charge in [0.25, 0.3) is 6.43 Å². The number of rotatable bonds is 8. The molecule has 30 heavy (non-hydrogen) atoms. The highest BCUT2D eigenvalue weighted by atomic mass is 19.4. The van der Waals surface area contributed by atoms with Crippen molar-refractivity contribution in [3.05, 3.63) is 71.3 Å². The maximum atomic E-state index is 13.0. The van der Waals surface area contributed by atoms with E-state index in [1.807, 2.05) is 0 Å². The van der Waals surface area contributed by atoms with Gasteiger partial charge in [0.1, 0.15) is 6.10 Å². The summed E-state index contributed by atoms with van der Waals surface area (Å²) in [4.78, 5) is 12.2. The average Bonchev–Trinajstić information content (AvgIpc) is 2.67. The van der Waals surface area contributed by atoms with Gasteiger partial charge in [-0.15, -0.1) is 0 Å². The number of halogens is 5. The van der Waals surface area contributed by atoms with Crippen LogP contribution in [0, 0.1) is 0 Å². The van der Waals surface area contributed by atoms with Crippen molar-refractivity contribution in [1.82, 2.24) is 10.6 Å². The van der Waals surface area contributed by atoms with E-state index in [0.29, 0.717) is 11.1 Å². The molecule has 0 aliphatic rings. The van der Waals surface area contributed by atoms with E-state index in [-0.39, 0.29) is 12.8 Å². The zero-order chi connectivity index (χ0) is 22.3. The molecule has 4 nitrogen and oxygen atoms in total. The van der Waals surface area contributed by atoms with E-state index >= 15 is 0 Å². The fourth-order valence-corrected chi connectivity index (χ4v) is 2.97. The van der Waals surface area contributed by atoms with Crippen LogP contribution in [0.25, 0.3) is 0 Å². The minimum absolute atomic E-state index is 0.00700. The third kappa shape index (κ3) is 7.29. The molecule has 0 fully saturated rings. The van der Waals surface area contributed by atoms with Crippen LogP contribution in [-0.2, 0) is 19.0 Å². The third-order valence-electron chi connectivity index (χ3n) is 4.49. The normalized spacial score (nSPS) is 14.8. The molecule has 3 N–H and O–H groups in total.